The smallest absolute Gasteiger partial charge is 0.265 e. The van der Waals surface area contributed by atoms with E-state index in [1.165, 1.54) is 0 Å². The van der Waals surface area contributed by atoms with Crippen LogP contribution in [-0.2, 0) is 4.79 Å². The van der Waals surface area contributed by atoms with Crippen LogP contribution in [0, 0.1) is 6.92 Å². The molecule has 0 saturated heterocycles. The van der Waals surface area contributed by atoms with Crippen LogP contribution in [0.25, 0.3) is 0 Å². The van der Waals surface area contributed by atoms with Gasteiger partial charge in [0.1, 0.15) is 11.5 Å². The summed E-state index contributed by atoms with van der Waals surface area (Å²) in [5.74, 6) is 1.33. The van der Waals surface area contributed by atoms with Gasteiger partial charge in [-0.3, -0.25) is 4.79 Å². The summed E-state index contributed by atoms with van der Waals surface area (Å²) in [4.78, 5) is 12.3. The minimum Gasteiger partial charge on any atom is -0.497 e. The van der Waals surface area contributed by atoms with Crippen LogP contribution in [0.3, 0.4) is 0 Å². The number of amides is 1. The minimum atomic E-state index is -0.525. The van der Waals surface area contributed by atoms with Gasteiger partial charge in [-0.15, -0.1) is 0 Å². The molecule has 0 aliphatic heterocycles. The summed E-state index contributed by atoms with van der Waals surface area (Å²) in [5.41, 5.74) is 1.73. The molecule has 22 heavy (non-hydrogen) atoms. The van der Waals surface area contributed by atoms with Crippen molar-refractivity contribution >= 4 is 11.6 Å². The summed E-state index contributed by atoms with van der Waals surface area (Å²) in [6, 6.07) is 14.9. The first-order valence-electron chi connectivity index (χ1n) is 7.31. The van der Waals surface area contributed by atoms with Gasteiger partial charge in [0.15, 0.2) is 6.10 Å². The van der Waals surface area contributed by atoms with E-state index >= 15 is 0 Å². The van der Waals surface area contributed by atoms with Crippen LogP contribution < -0.4 is 14.8 Å². The molecule has 0 aromatic heterocycles. The number of rotatable bonds is 6. The number of methoxy groups -OCH3 is 1. The van der Waals surface area contributed by atoms with E-state index in [-0.39, 0.29) is 5.91 Å². The second kappa shape index (κ2) is 7.50. The van der Waals surface area contributed by atoms with Crippen LogP contribution in [0.4, 0.5) is 5.69 Å². The average Bonchev–Trinajstić information content (AvgIpc) is 2.54. The molecule has 1 amide bonds. The first-order valence-corrected chi connectivity index (χ1v) is 7.31. The zero-order chi connectivity index (χ0) is 15.9. The van der Waals surface area contributed by atoms with E-state index in [9.17, 15) is 4.79 Å². The standard InChI is InChI=1S/C18H21NO3/c1-4-16(22-17-8-6-5-7-13(17)2)18(20)19-14-9-11-15(21-3)12-10-14/h5-12,16H,4H2,1-3H3,(H,19,20)/t16-/m0/s1. The highest BCUT2D eigenvalue weighted by atomic mass is 16.5. The normalized spacial score (nSPS) is 11.6. The van der Waals surface area contributed by atoms with Gasteiger partial charge in [0.25, 0.3) is 5.91 Å². The van der Waals surface area contributed by atoms with Gasteiger partial charge in [-0.05, 0) is 49.2 Å². The van der Waals surface area contributed by atoms with Gasteiger partial charge < -0.3 is 14.8 Å². The van der Waals surface area contributed by atoms with Gasteiger partial charge in [-0.2, -0.15) is 0 Å². The molecule has 2 aromatic carbocycles. The van der Waals surface area contributed by atoms with Gasteiger partial charge >= 0.3 is 0 Å². The first kappa shape index (κ1) is 15.9. The first-order chi connectivity index (χ1) is 10.6. The van der Waals surface area contributed by atoms with Crippen molar-refractivity contribution in [2.24, 2.45) is 0 Å². The van der Waals surface area contributed by atoms with Crippen molar-refractivity contribution in [1.29, 1.82) is 0 Å². The molecule has 4 heteroatoms. The van der Waals surface area contributed by atoms with Crippen LogP contribution >= 0.6 is 0 Å². The largest absolute Gasteiger partial charge is 0.497 e. The Balaban J connectivity index is 2.03. The molecule has 0 bridgehead atoms. The van der Waals surface area contributed by atoms with E-state index in [2.05, 4.69) is 5.32 Å². The molecule has 0 spiro atoms. The Morgan fingerprint density at radius 1 is 1.14 bits per heavy atom. The Kier molecular flexibility index (Phi) is 5.42. The number of benzene rings is 2. The average molecular weight is 299 g/mol. The number of aryl methyl sites for hydroxylation is 1. The predicted octanol–water partition coefficient (Wildman–Crippen LogP) is 3.80. The van der Waals surface area contributed by atoms with Gasteiger partial charge in [0.2, 0.25) is 0 Å². The van der Waals surface area contributed by atoms with Crippen LogP contribution in [0.2, 0.25) is 0 Å². The highest BCUT2D eigenvalue weighted by molar-refractivity contribution is 5.94. The predicted molar refractivity (Wildman–Crippen MR) is 87.5 cm³/mol. The summed E-state index contributed by atoms with van der Waals surface area (Å²) < 4.78 is 10.9. The third-order valence-electron chi connectivity index (χ3n) is 3.38. The van der Waals surface area contributed by atoms with Crippen molar-refractivity contribution in [3.8, 4) is 11.5 Å². The van der Waals surface area contributed by atoms with E-state index in [0.29, 0.717) is 6.42 Å². The van der Waals surface area contributed by atoms with Crippen molar-refractivity contribution in [1.82, 2.24) is 0 Å². The maximum Gasteiger partial charge on any atom is 0.265 e. The molecule has 1 atom stereocenters. The third kappa shape index (κ3) is 4.01. The maximum absolute atomic E-state index is 12.3. The molecule has 0 saturated carbocycles. The summed E-state index contributed by atoms with van der Waals surface area (Å²) in [7, 11) is 1.61. The second-order valence-corrected chi connectivity index (χ2v) is 5.00. The summed E-state index contributed by atoms with van der Waals surface area (Å²) in [6.07, 6.45) is 0.0688. The molecule has 2 rings (SSSR count). The molecular weight excluding hydrogens is 278 g/mol. The van der Waals surface area contributed by atoms with Crippen molar-refractivity contribution < 1.29 is 14.3 Å². The van der Waals surface area contributed by atoms with Crippen LogP contribution in [-0.4, -0.2) is 19.1 Å². The fourth-order valence-electron chi connectivity index (χ4n) is 2.06. The molecule has 0 fully saturated rings. The van der Waals surface area contributed by atoms with Gasteiger partial charge in [0.05, 0.1) is 7.11 Å². The lowest BCUT2D eigenvalue weighted by Crippen LogP contribution is -2.32. The zero-order valence-corrected chi connectivity index (χ0v) is 13.1. The summed E-state index contributed by atoms with van der Waals surface area (Å²) in [5, 5.41) is 2.86. The fraction of sp³-hybridized carbons (Fsp3) is 0.278. The fourth-order valence-corrected chi connectivity index (χ4v) is 2.06. The molecule has 0 aliphatic rings. The van der Waals surface area contributed by atoms with Crippen molar-refractivity contribution in [3.05, 3.63) is 54.1 Å². The molecule has 1 N–H and O–H groups in total. The molecule has 0 heterocycles. The Morgan fingerprint density at radius 2 is 1.82 bits per heavy atom. The molecule has 0 unspecified atom stereocenters. The lowest BCUT2D eigenvalue weighted by Gasteiger charge is -2.18. The van der Waals surface area contributed by atoms with Crippen molar-refractivity contribution in [3.63, 3.8) is 0 Å². The van der Waals surface area contributed by atoms with E-state index in [0.717, 1.165) is 22.7 Å². The molecule has 0 radical (unpaired) electrons. The quantitative estimate of drug-likeness (QED) is 0.882. The third-order valence-corrected chi connectivity index (χ3v) is 3.38. The van der Waals surface area contributed by atoms with Gasteiger partial charge in [0, 0.05) is 5.69 Å². The number of ether oxygens (including phenoxy) is 2. The Labute approximate surface area is 131 Å². The number of para-hydroxylation sites is 1. The van der Waals surface area contributed by atoms with Crippen molar-refractivity contribution in [2.45, 2.75) is 26.4 Å². The lowest BCUT2D eigenvalue weighted by molar-refractivity contribution is -0.122. The number of anilines is 1. The zero-order valence-electron chi connectivity index (χ0n) is 13.1. The highest BCUT2D eigenvalue weighted by Crippen LogP contribution is 2.20. The Bertz CT molecular complexity index is 622. The topological polar surface area (TPSA) is 47.6 Å². The second-order valence-electron chi connectivity index (χ2n) is 5.00. The van der Waals surface area contributed by atoms with Crippen LogP contribution in [0.5, 0.6) is 11.5 Å². The summed E-state index contributed by atoms with van der Waals surface area (Å²) >= 11 is 0. The van der Waals surface area contributed by atoms with Gasteiger partial charge in [-0.25, -0.2) is 0 Å². The molecular formula is C18H21NO3. The number of hydrogen-bond donors (Lipinski definition) is 1. The number of carbonyl (C=O) groups is 1. The maximum atomic E-state index is 12.3. The monoisotopic (exact) mass is 299 g/mol. The van der Waals surface area contributed by atoms with E-state index < -0.39 is 6.10 Å². The molecule has 4 nitrogen and oxygen atoms in total. The van der Waals surface area contributed by atoms with Gasteiger partial charge in [-0.1, -0.05) is 25.1 Å². The molecule has 0 aliphatic carbocycles. The summed E-state index contributed by atoms with van der Waals surface area (Å²) in [6.45, 7) is 3.89. The highest BCUT2D eigenvalue weighted by Gasteiger charge is 2.19. The Hall–Kier alpha value is -2.49. The Morgan fingerprint density at radius 3 is 2.41 bits per heavy atom. The lowest BCUT2D eigenvalue weighted by atomic mass is 10.2. The van der Waals surface area contributed by atoms with E-state index in [4.69, 9.17) is 9.47 Å². The molecule has 2 aromatic rings. The van der Waals surface area contributed by atoms with E-state index in [1.807, 2.05) is 38.1 Å². The van der Waals surface area contributed by atoms with E-state index in [1.54, 1.807) is 31.4 Å². The number of carbonyl (C=O) groups excluding carboxylic acids is 1. The number of hydrogen-bond acceptors (Lipinski definition) is 3. The van der Waals surface area contributed by atoms with Crippen LogP contribution in [0.1, 0.15) is 18.9 Å². The van der Waals surface area contributed by atoms with Crippen LogP contribution in [0.15, 0.2) is 48.5 Å². The SMILES string of the molecule is CC[C@H](Oc1ccccc1C)C(=O)Nc1ccc(OC)cc1. The molecule has 116 valence electrons. The minimum absolute atomic E-state index is 0.157. The number of nitrogens with one attached hydrogen (secondary N) is 1. The van der Waals surface area contributed by atoms with Crippen molar-refractivity contribution in [2.75, 3.05) is 12.4 Å².